The number of aryl methyl sites for hydroxylation is 1. The van der Waals surface area contributed by atoms with Crippen LogP contribution in [0.25, 0.3) is 0 Å². The molecule has 1 aliphatic rings. The van der Waals surface area contributed by atoms with Gasteiger partial charge < -0.3 is 10.2 Å². The third-order valence-corrected chi connectivity index (χ3v) is 4.48. The van der Waals surface area contributed by atoms with Crippen molar-refractivity contribution in [3.8, 4) is 0 Å². The molecule has 1 aromatic heterocycles. The molecule has 6 nitrogen and oxygen atoms in total. The first-order valence-electron chi connectivity index (χ1n) is 8.05. The van der Waals surface area contributed by atoms with Gasteiger partial charge in [0.05, 0.1) is 11.7 Å². The molecule has 0 spiro atoms. The number of nitrogens with one attached hydrogen (secondary N) is 1. The van der Waals surface area contributed by atoms with E-state index in [1.807, 2.05) is 42.8 Å². The smallest absolute Gasteiger partial charge is 0.280 e. The Morgan fingerprint density at radius 2 is 2.04 bits per heavy atom. The van der Waals surface area contributed by atoms with Crippen molar-refractivity contribution in [1.82, 2.24) is 20.3 Å². The predicted octanol–water partition coefficient (Wildman–Crippen LogP) is 2.10. The molecule has 2 aromatic rings. The second-order valence-corrected chi connectivity index (χ2v) is 6.15. The molecule has 0 unspecified atom stereocenters. The molecule has 2 heterocycles. The summed E-state index contributed by atoms with van der Waals surface area (Å²) in [5, 5.41) is 11.7. The number of carbonyl (C=O) groups is 1. The third kappa shape index (κ3) is 3.12. The average Bonchev–Trinajstić information content (AvgIpc) is 2.96. The van der Waals surface area contributed by atoms with Gasteiger partial charge in [0.1, 0.15) is 0 Å². The quantitative estimate of drug-likeness (QED) is 0.942. The zero-order chi connectivity index (χ0) is 16.4. The first-order valence-corrected chi connectivity index (χ1v) is 8.05. The number of hydrogen-bond donors (Lipinski definition) is 1. The number of nitrogens with zero attached hydrogens (tertiary/aromatic N) is 4. The van der Waals surface area contributed by atoms with Gasteiger partial charge in [-0.25, -0.2) is 4.68 Å². The van der Waals surface area contributed by atoms with Crippen molar-refractivity contribution in [3.63, 3.8) is 0 Å². The van der Waals surface area contributed by atoms with Crippen molar-refractivity contribution in [2.24, 2.45) is 0 Å². The highest BCUT2D eigenvalue weighted by molar-refractivity contribution is 6.05. The summed E-state index contributed by atoms with van der Waals surface area (Å²) in [7, 11) is 1.78. The summed E-state index contributed by atoms with van der Waals surface area (Å²) in [4.78, 5) is 14.4. The minimum Gasteiger partial charge on any atom is -0.317 e. The fraction of sp³-hybridized carbons (Fsp3) is 0.471. The van der Waals surface area contributed by atoms with Crippen molar-refractivity contribution < 1.29 is 4.79 Å². The van der Waals surface area contributed by atoms with Crippen LogP contribution in [0, 0.1) is 13.8 Å². The Labute approximate surface area is 136 Å². The molecule has 1 N–H and O–H groups in total. The summed E-state index contributed by atoms with van der Waals surface area (Å²) in [6.07, 6.45) is 2.04. The zero-order valence-corrected chi connectivity index (χ0v) is 13.9. The van der Waals surface area contributed by atoms with Gasteiger partial charge in [0.25, 0.3) is 5.91 Å². The molecule has 23 heavy (non-hydrogen) atoms. The van der Waals surface area contributed by atoms with Crippen LogP contribution < -0.4 is 10.2 Å². The number of benzene rings is 1. The lowest BCUT2D eigenvalue weighted by Gasteiger charge is -2.23. The van der Waals surface area contributed by atoms with Crippen LogP contribution in [0.3, 0.4) is 0 Å². The summed E-state index contributed by atoms with van der Waals surface area (Å²) >= 11 is 0. The summed E-state index contributed by atoms with van der Waals surface area (Å²) in [6, 6.07) is 8.21. The maximum atomic E-state index is 12.8. The Morgan fingerprint density at radius 1 is 1.30 bits per heavy atom. The molecule has 1 aliphatic heterocycles. The first kappa shape index (κ1) is 15.7. The maximum Gasteiger partial charge on any atom is 0.280 e. The average molecular weight is 313 g/mol. The molecule has 1 fully saturated rings. The van der Waals surface area contributed by atoms with Gasteiger partial charge in [0, 0.05) is 12.7 Å². The van der Waals surface area contributed by atoms with Crippen molar-refractivity contribution >= 4 is 11.6 Å². The fourth-order valence-electron chi connectivity index (χ4n) is 3.05. The highest BCUT2D eigenvalue weighted by Crippen LogP contribution is 2.22. The normalized spacial score (nSPS) is 15.6. The van der Waals surface area contributed by atoms with Gasteiger partial charge >= 0.3 is 0 Å². The first-order chi connectivity index (χ1) is 11.1. The van der Waals surface area contributed by atoms with Gasteiger partial charge in [0.15, 0.2) is 5.69 Å². The van der Waals surface area contributed by atoms with Crippen LogP contribution in [0.5, 0.6) is 0 Å². The second kappa shape index (κ2) is 6.50. The van der Waals surface area contributed by atoms with Gasteiger partial charge in [-0.1, -0.05) is 17.3 Å². The molecule has 3 rings (SSSR count). The van der Waals surface area contributed by atoms with Crippen LogP contribution in [-0.4, -0.2) is 41.0 Å². The van der Waals surface area contributed by atoms with E-state index in [1.54, 1.807) is 11.9 Å². The standard InChI is InChI=1S/C17H23N5O/c1-12-5-4-6-15(11-12)21(3)17(23)16-13(2)22(20-19-16)14-7-9-18-10-8-14/h4-6,11,14,18H,7-10H2,1-3H3. The number of piperidine rings is 1. The molecule has 6 heteroatoms. The molecule has 0 aliphatic carbocycles. The van der Waals surface area contributed by atoms with Gasteiger partial charge in [-0.15, -0.1) is 5.10 Å². The van der Waals surface area contributed by atoms with Crippen LogP contribution in [-0.2, 0) is 0 Å². The summed E-state index contributed by atoms with van der Waals surface area (Å²) in [5.41, 5.74) is 3.27. The molecular formula is C17H23N5O. The van der Waals surface area contributed by atoms with Crippen molar-refractivity contribution in [2.75, 3.05) is 25.0 Å². The van der Waals surface area contributed by atoms with Gasteiger partial charge in [-0.05, 0) is 57.5 Å². The highest BCUT2D eigenvalue weighted by atomic mass is 16.2. The van der Waals surface area contributed by atoms with E-state index in [9.17, 15) is 4.79 Å². The highest BCUT2D eigenvalue weighted by Gasteiger charge is 2.25. The van der Waals surface area contributed by atoms with E-state index >= 15 is 0 Å². The summed E-state index contributed by atoms with van der Waals surface area (Å²) < 4.78 is 1.91. The minimum absolute atomic E-state index is 0.117. The fourth-order valence-corrected chi connectivity index (χ4v) is 3.05. The molecule has 1 saturated heterocycles. The predicted molar refractivity (Wildman–Crippen MR) is 89.8 cm³/mol. The molecule has 1 amide bonds. The van der Waals surface area contributed by atoms with E-state index in [2.05, 4.69) is 15.6 Å². The monoisotopic (exact) mass is 313 g/mol. The topological polar surface area (TPSA) is 63.1 Å². The van der Waals surface area contributed by atoms with Gasteiger partial charge in [-0.3, -0.25) is 4.79 Å². The molecule has 1 aromatic carbocycles. The Kier molecular flexibility index (Phi) is 4.43. The third-order valence-electron chi connectivity index (χ3n) is 4.48. The number of amides is 1. The summed E-state index contributed by atoms with van der Waals surface area (Å²) in [6.45, 7) is 5.91. The lowest BCUT2D eigenvalue weighted by Crippen LogP contribution is -2.31. The van der Waals surface area contributed by atoms with E-state index in [-0.39, 0.29) is 5.91 Å². The lowest BCUT2D eigenvalue weighted by atomic mass is 10.1. The van der Waals surface area contributed by atoms with Crippen LogP contribution >= 0.6 is 0 Å². The molecule has 0 radical (unpaired) electrons. The Bertz CT molecular complexity index is 703. The van der Waals surface area contributed by atoms with Crippen LogP contribution in [0.4, 0.5) is 5.69 Å². The number of carbonyl (C=O) groups excluding carboxylic acids is 1. The number of rotatable bonds is 3. The number of aromatic nitrogens is 3. The van der Waals surface area contributed by atoms with E-state index in [1.165, 1.54) is 0 Å². The zero-order valence-electron chi connectivity index (χ0n) is 13.9. The Hall–Kier alpha value is -2.21. The van der Waals surface area contributed by atoms with E-state index in [0.29, 0.717) is 11.7 Å². The SMILES string of the molecule is Cc1cccc(N(C)C(=O)c2nnn(C3CCNCC3)c2C)c1. The molecule has 122 valence electrons. The summed E-state index contributed by atoms with van der Waals surface area (Å²) in [5.74, 6) is -0.117. The minimum atomic E-state index is -0.117. The van der Waals surface area contributed by atoms with Crippen LogP contribution in [0.15, 0.2) is 24.3 Å². The molecule has 0 atom stereocenters. The number of anilines is 1. The van der Waals surface area contributed by atoms with Gasteiger partial charge in [-0.2, -0.15) is 0 Å². The largest absolute Gasteiger partial charge is 0.317 e. The van der Waals surface area contributed by atoms with Crippen molar-refractivity contribution in [3.05, 3.63) is 41.2 Å². The van der Waals surface area contributed by atoms with E-state index < -0.39 is 0 Å². The van der Waals surface area contributed by atoms with Crippen LogP contribution in [0.2, 0.25) is 0 Å². The van der Waals surface area contributed by atoms with Crippen LogP contribution in [0.1, 0.15) is 40.6 Å². The van der Waals surface area contributed by atoms with E-state index in [0.717, 1.165) is 42.9 Å². The second-order valence-electron chi connectivity index (χ2n) is 6.15. The van der Waals surface area contributed by atoms with Crippen molar-refractivity contribution in [1.29, 1.82) is 0 Å². The molecule has 0 saturated carbocycles. The number of hydrogen-bond acceptors (Lipinski definition) is 4. The Morgan fingerprint density at radius 3 is 2.74 bits per heavy atom. The maximum absolute atomic E-state index is 12.8. The lowest BCUT2D eigenvalue weighted by molar-refractivity contribution is 0.0987. The van der Waals surface area contributed by atoms with Crippen molar-refractivity contribution in [2.45, 2.75) is 32.7 Å². The van der Waals surface area contributed by atoms with E-state index in [4.69, 9.17) is 0 Å². The Balaban J connectivity index is 1.83. The molecule has 0 bridgehead atoms. The van der Waals surface area contributed by atoms with Gasteiger partial charge in [0.2, 0.25) is 0 Å². The molecular weight excluding hydrogens is 290 g/mol.